The smallest absolute Gasteiger partial charge is 0.263 e. The normalized spacial score (nSPS) is 13.0. The molecule has 1 amide bonds. The van der Waals surface area contributed by atoms with E-state index in [1.807, 2.05) is 42.5 Å². The summed E-state index contributed by atoms with van der Waals surface area (Å²) in [7, 11) is 1.58. The second-order valence-corrected chi connectivity index (χ2v) is 9.34. The topological polar surface area (TPSA) is 73.2 Å². The van der Waals surface area contributed by atoms with Crippen molar-refractivity contribution in [3.8, 4) is 5.75 Å². The Labute approximate surface area is 195 Å². The standard InChI is InChI=1S/C26H25N3O3S/c1-32-19-11-7-10-18(15-19)27-23(30)16-29-22(14-17-8-3-2-4-9-17)28-25-24(26(29)31)20-12-5-6-13-21(20)33-25/h2-4,7-11,15H,5-6,12-14,16H2,1H3,(H,27,30). The molecule has 0 aliphatic heterocycles. The number of aryl methyl sites for hydroxylation is 2. The first-order valence-corrected chi connectivity index (χ1v) is 12.0. The minimum absolute atomic E-state index is 0.0915. The summed E-state index contributed by atoms with van der Waals surface area (Å²) in [5.74, 6) is 0.991. The first-order chi connectivity index (χ1) is 16.1. The van der Waals surface area contributed by atoms with Gasteiger partial charge in [0.2, 0.25) is 5.91 Å². The highest BCUT2D eigenvalue weighted by Crippen LogP contribution is 2.34. The van der Waals surface area contributed by atoms with Gasteiger partial charge in [0, 0.05) is 23.1 Å². The van der Waals surface area contributed by atoms with Crippen LogP contribution >= 0.6 is 11.3 Å². The van der Waals surface area contributed by atoms with Crippen molar-refractivity contribution in [1.29, 1.82) is 0 Å². The van der Waals surface area contributed by atoms with Gasteiger partial charge in [0.05, 0.1) is 12.5 Å². The maximum Gasteiger partial charge on any atom is 0.263 e. The molecule has 1 aliphatic rings. The third kappa shape index (κ3) is 4.41. The van der Waals surface area contributed by atoms with Crippen molar-refractivity contribution < 1.29 is 9.53 Å². The van der Waals surface area contributed by atoms with Gasteiger partial charge in [-0.1, -0.05) is 36.4 Å². The molecule has 0 bridgehead atoms. The van der Waals surface area contributed by atoms with Crippen LogP contribution in [0.3, 0.4) is 0 Å². The number of carbonyl (C=O) groups is 1. The number of rotatable bonds is 6. The van der Waals surface area contributed by atoms with Crippen LogP contribution in [0.2, 0.25) is 0 Å². The predicted molar refractivity (Wildman–Crippen MR) is 131 cm³/mol. The van der Waals surface area contributed by atoms with Crippen LogP contribution in [0.4, 0.5) is 5.69 Å². The lowest BCUT2D eigenvalue weighted by Gasteiger charge is -2.14. The summed E-state index contributed by atoms with van der Waals surface area (Å²) in [5, 5.41) is 3.58. The van der Waals surface area contributed by atoms with E-state index < -0.39 is 0 Å². The van der Waals surface area contributed by atoms with Gasteiger partial charge in [0.25, 0.3) is 5.56 Å². The van der Waals surface area contributed by atoms with Crippen LogP contribution in [-0.4, -0.2) is 22.6 Å². The first kappa shape index (κ1) is 21.4. The molecule has 6 nitrogen and oxygen atoms in total. The molecule has 1 N–H and O–H groups in total. The van der Waals surface area contributed by atoms with Crippen LogP contribution in [0.5, 0.6) is 5.75 Å². The van der Waals surface area contributed by atoms with E-state index in [0.29, 0.717) is 29.1 Å². The SMILES string of the molecule is COc1cccc(NC(=O)Cn2c(Cc3ccccc3)nc3sc4c(c3c2=O)CCCC4)c1. The van der Waals surface area contributed by atoms with E-state index in [4.69, 9.17) is 9.72 Å². The summed E-state index contributed by atoms with van der Waals surface area (Å²) in [6, 6.07) is 17.1. The van der Waals surface area contributed by atoms with E-state index in [-0.39, 0.29) is 18.0 Å². The van der Waals surface area contributed by atoms with Crippen LogP contribution in [-0.2, 0) is 30.6 Å². The largest absolute Gasteiger partial charge is 0.497 e. The summed E-state index contributed by atoms with van der Waals surface area (Å²) >= 11 is 1.63. The van der Waals surface area contributed by atoms with Crippen molar-refractivity contribution in [2.75, 3.05) is 12.4 Å². The van der Waals surface area contributed by atoms with Crippen molar-refractivity contribution >= 4 is 33.1 Å². The predicted octanol–water partition coefficient (Wildman–Crippen LogP) is 4.57. The summed E-state index contributed by atoms with van der Waals surface area (Å²) in [6.45, 7) is -0.0915. The summed E-state index contributed by atoms with van der Waals surface area (Å²) in [4.78, 5) is 33.6. The Hall–Kier alpha value is -3.45. The zero-order chi connectivity index (χ0) is 22.8. The molecule has 4 aromatic rings. The van der Waals surface area contributed by atoms with Gasteiger partial charge in [-0.25, -0.2) is 4.98 Å². The maximum absolute atomic E-state index is 13.7. The monoisotopic (exact) mass is 459 g/mol. The molecule has 0 radical (unpaired) electrons. The van der Waals surface area contributed by atoms with Crippen molar-refractivity contribution in [2.24, 2.45) is 0 Å². The molecular formula is C26H25N3O3S. The Balaban J connectivity index is 1.54. The highest BCUT2D eigenvalue weighted by molar-refractivity contribution is 7.18. The molecular weight excluding hydrogens is 434 g/mol. The Morgan fingerprint density at radius 2 is 1.94 bits per heavy atom. The zero-order valence-corrected chi connectivity index (χ0v) is 19.3. The fourth-order valence-corrected chi connectivity index (χ4v) is 5.67. The molecule has 33 heavy (non-hydrogen) atoms. The summed E-state index contributed by atoms with van der Waals surface area (Å²) < 4.78 is 6.78. The van der Waals surface area contributed by atoms with E-state index in [1.54, 1.807) is 35.1 Å². The molecule has 2 aromatic heterocycles. The van der Waals surface area contributed by atoms with Gasteiger partial charge in [-0.2, -0.15) is 0 Å². The fourth-order valence-electron chi connectivity index (χ4n) is 4.40. The van der Waals surface area contributed by atoms with E-state index in [1.165, 1.54) is 4.88 Å². The molecule has 2 heterocycles. The lowest BCUT2D eigenvalue weighted by molar-refractivity contribution is -0.116. The number of nitrogens with zero attached hydrogens (tertiary/aromatic N) is 2. The van der Waals surface area contributed by atoms with Gasteiger partial charge in [0.1, 0.15) is 22.9 Å². The van der Waals surface area contributed by atoms with Crippen molar-refractivity contribution in [1.82, 2.24) is 9.55 Å². The molecule has 0 saturated heterocycles. The lowest BCUT2D eigenvalue weighted by Crippen LogP contribution is -2.31. The van der Waals surface area contributed by atoms with E-state index in [9.17, 15) is 9.59 Å². The number of fused-ring (bicyclic) bond motifs is 3. The van der Waals surface area contributed by atoms with Crippen LogP contribution in [0, 0.1) is 0 Å². The van der Waals surface area contributed by atoms with Crippen LogP contribution in [0.1, 0.15) is 34.7 Å². The number of methoxy groups -OCH3 is 1. The van der Waals surface area contributed by atoms with Crippen molar-refractivity contribution in [2.45, 2.75) is 38.6 Å². The number of carbonyl (C=O) groups excluding carboxylic acids is 1. The second kappa shape index (κ2) is 9.19. The second-order valence-electron chi connectivity index (χ2n) is 8.25. The number of hydrogen-bond donors (Lipinski definition) is 1. The van der Waals surface area contributed by atoms with Crippen LogP contribution in [0.15, 0.2) is 59.4 Å². The Bertz CT molecular complexity index is 1380. The first-order valence-electron chi connectivity index (χ1n) is 11.1. The molecule has 0 unspecified atom stereocenters. The summed E-state index contributed by atoms with van der Waals surface area (Å²) in [5.41, 5.74) is 2.68. The van der Waals surface area contributed by atoms with Gasteiger partial charge in [0.15, 0.2) is 0 Å². The Morgan fingerprint density at radius 1 is 1.12 bits per heavy atom. The minimum Gasteiger partial charge on any atom is -0.497 e. The van der Waals surface area contributed by atoms with Crippen molar-refractivity contribution in [3.63, 3.8) is 0 Å². The molecule has 0 atom stereocenters. The molecule has 7 heteroatoms. The average molecular weight is 460 g/mol. The number of aromatic nitrogens is 2. The fraction of sp³-hybridized carbons (Fsp3) is 0.269. The highest BCUT2D eigenvalue weighted by atomic mass is 32.1. The Morgan fingerprint density at radius 3 is 2.76 bits per heavy atom. The van der Waals surface area contributed by atoms with Gasteiger partial charge in [-0.15, -0.1) is 11.3 Å². The van der Waals surface area contributed by atoms with Gasteiger partial charge < -0.3 is 10.1 Å². The van der Waals surface area contributed by atoms with Crippen LogP contribution < -0.4 is 15.6 Å². The number of anilines is 1. The zero-order valence-electron chi connectivity index (χ0n) is 18.5. The molecule has 0 fully saturated rings. The maximum atomic E-state index is 13.7. The lowest BCUT2D eigenvalue weighted by atomic mass is 9.97. The van der Waals surface area contributed by atoms with Crippen molar-refractivity contribution in [3.05, 3.63) is 86.8 Å². The Kier molecular flexibility index (Phi) is 5.96. The number of hydrogen-bond acceptors (Lipinski definition) is 5. The quantitative estimate of drug-likeness (QED) is 0.458. The van der Waals surface area contributed by atoms with Gasteiger partial charge in [-0.3, -0.25) is 14.2 Å². The van der Waals surface area contributed by atoms with E-state index in [0.717, 1.165) is 41.6 Å². The van der Waals surface area contributed by atoms with Gasteiger partial charge in [-0.05, 0) is 48.9 Å². The van der Waals surface area contributed by atoms with Gasteiger partial charge >= 0.3 is 0 Å². The molecule has 0 saturated carbocycles. The number of ether oxygens (including phenoxy) is 1. The molecule has 1 aliphatic carbocycles. The minimum atomic E-state index is -0.273. The third-order valence-electron chi connectivity index (χ3n) is 6.01. The number of amides is 1. The molecule has 0 spiro atoms. The molecule has 2 aromatic carbocycles. The van der Waals surface area contributed by atoms with E-state index in [2.05, 4.69) is 5.32 Å². The highest BCUT2D eigenvalue weighted by Gasteiger charge is 2.23. The number of thiophene rings is 1. The number of nitrogens with one attached hydrogen (secondary N) is 1. The summed E-state index contributed by atoms with van der Waals surface area (Å²) in [6.07, 6.45) is 4.62. The number of benzene rings is 2. The van der Waals surface area contributed by atoms with E-state index >= 15 is 0 Å². The average Bonchev–Trinajstić information content (AvgIpc) is 3.21. The molecule has 5 rings (SSSR count). The van der Waals surface area contributed by atoms with Crippen LogP contribution in [0.25, 0.3) is 10.2 Å². The third-order valence-corrected chi connectivity index (χ3v) is 7.20. The molecule has 168 valence electrons.